The Labute approximate surface area is 176 Å². The summed E-state index contributed by atoms with van der Waals surface area (Å²) in [4.78, 5) is 19.4. The van der Waals surface area contributed by atoms with Crippen LogP contribution >= 0.6 is 0 Å². The Morgan fingerprint density at radius 3 is 3.07 bits per heavy atom. The molecule has 2 aromatic rings. The summed E-state index contributed by atoms with van der Waals surface area (Å²) < 4.78 is 17.2. The van der Waals surface area contributed by atoms with Crippen molar-refractivity contribution in [3.63, 3.8) is 0 Å². The fourth-order valence-electron chi connectivity index (χ4n) is 4.80. The predicted molar refractivity (Wildman–Crippen MR) is 110 cm³/mol. The van der Waals surface area contributed by atoms with E-state index in [1.807, 2.05) is 29.3 Å². The third-order valence-electron chi connectivity index (χ3n) is 6.37. The summed E-state index contributed by atoms with van der Waals surface area (Å²) in [5.41, 5.74) is 1.44. The molecule has 0 unspecified atom stereocenters. The zero-order valence-corrected chi connectivity index (χ0v) is 17.0. The van der Waals surface area contributed by atoms with Gasteiger partial charge in [0.25, 0.3) is 5.91 Å². The second-order valence-corrected chi connectivity index (χ2v) is 8.25. The smallest absolute Gasteiger partial charge is 0.254 e. The van der Waals surface area contributed by atoms with Crippen LogP contribution in [0.1, 0.15) is 41.6 Å². The van der Waals surface area contributed by atoms with E-state index in [1.165, 1.54) is 6.42 Å². The summed E-state index contributed by atoms with van der Waals surface area (Å²) >= 11 is 0. The lowest BCUT2D eigenvalue weighted by Gasteiger charge is -2.49. The number of ether oxygens (including phenoxy) is 3. The topological polar surface area (TPSA) is 72.9 Å². The number of carbonyl (C=O) groups is 1. The van der Waals surface area contributed by atoms with Crippen LogP contribution in [0.2, 0.25) is 0 Å². The second-order valence-electron chi connectivity index (χ2n) is 8.25. The van der Waals surface area contributed by atoms with Crippen LogP contribution < -0.4 is 14.8 Å². The summed E-state index contributed by atoms with van der Waals surface area (Å²) in [6.45, 7) is 2.72. The molecule has 1 aromatic heterocycles. The Morgan fingerprint density at radius 1 is 1.23 bits per heavy atom. The summed E-state index contributed by atoms with van der Waals surface area (Å²) in [5.74, 6) is 1.35. The number of amides is 1. The minimum Gasteiger partial charge on any atom is -0.454 e. The van der Waals surface area contributed by atoms with Crippen LogP contribution in [-0.2, 0) is 11.3 Å². The first-order valence-electron chi connectivity index (χ1n) is 10.7. The van der Waals surface area contributed by atoms with E-state index in [9.17, 15) is 4.79 Å². The highest BCUT2D eigenvalue weighted by Gasteiger charge is 2.46. The van der Waals surface area contributed by atoms with E-state index < -0.39 is 0 Å². The third kappa shape index (κ3) is 3.75. The highest BCUT2D eigenvalue weighted by atomic mass is 16.7. The van der Waals surface area contributed by atoms with Crippen molar-refractivity contribution in [3.8, 4) is 11.5 Å². The standard InChI is InChI=1S/C23H27N3O4/c27-22(18-6-7-19-20(12-18)29-16-28-19)26-10-11-30-23(15-26)8-2-1-5-21(23)25-14-17-4-3-9-24-13-17/h3-4,6-7,9,12-13,21,25H,1-2,5,8,10-11,14-16H2/t21-,23-/m0/s1. The second kappa shape index (κ2) is 8.24. The molecule has 3 heterocycles. The van der Waals surface area contributed by atoms with Gasteiger partial charge in [0, 0.05) is 37.1 Å². The molecule has 5 rings (SSSR count). The fraction of sp³-hybridized carbons (Fsp3) is 0.478. The summed E-state index contributed by atoms with van der Waals surface area (Å²) in [6.07, 6.45) is 7.98. The summed E-state index contributed by atoms with van der Waals surface area (Å²) in [6, 6.07) is 9.65. The number of hydrogen-bond donors (Lipinski definition) is 1. The average Bonchev–Trinajstić information content (AvgIpc) is 3.27. The van der Waals surface area contributed by atoms with Crippen molar-refractivity contribution < 1.29 is 19.0 Å². The number of benzene rings is 1. The van der Waals surface area contributed by atoms with E-state index in [-0.39, 0.29) is 24.3 Å². The highest BCUT2D eigenvalue weighted by molar-refractivity contribution is 5.95. The van der Waals surface area contributed by atoms with Crippen LogP contribution in [-0.4, -0.2) is 53.9 Å². The number of fused-ring (bicyclic) bond motifs is 1. The molecular formula is C23H27N3O4. The molecule has 3 aliphatic rings. The number of nitrogens with zero attached hydrogens (tertiary/aromatic N) is 2. The van der Waals surface area contributed by atoms with Crippen molar-refractivity contribution in [2.45, 2.75) is 43.9 Å². The Bertz CT molecular complexity index is 903. The highest BCUT2D eigenvalue weighted by Crippen LogP contribution is 2.37. The number of morpholine rings is 1. The summed E-state index contributed by atoms with van der Waals surface area (Å²) in [7, 11) is 0. The van der Waals surface area contributed by atoms with Crippen LogP contribution in [0.5, 0.6) is 11.5 Å². The van der Waals surface area contributed by atoms with Crippen LogP contribution in [0.15, 0.2) is 42.7 Å². The van der Waals surface area contributed by atoms with E-state index in [2.05, 4.69) is 16.4 Å². The third-order valence-corrected chi connectivity index (χ3v) is 6.37. The predicted octanol–water partition coefficient (Wildman–Crippen LogP) is 2.75. The molecule has 2 atom stereocenters. The largest absolute Gasteiger partial charge is 0.454 e. The minimum absolute atomic E-state index is 0.0209. The Kier molecular flexibility index (Phi) is 5.31. The first-order valence-corrected chi connectivity index (χ1v) is 10.7. The van der Waals surface area contributed by atoms with Crippen molar-refractivity contribution in [2.24, 2.45) is 0 Å². The lowest BCUT2D eigenvalue weighted by atomic mass is 9.78. The molecule has 30 heavy (non-hydrogen) atoms. The maximum Gasteiger partial charge on any atom is 0.254 e. The number of hydrogen-bond acceptors (Lipinski definition) is 6. The van der Waals surface area contributed by atoms with Crippen LogP contribution in [0.25, 0.3) is 0 Å². The Balaban J connectivity index is 1.31. The molecule has 0 bridgehead atoms. The van der Waals surface area contributed by atoms with Crippen LogP contribution in [0, 0.1) is 0 Å². The van der Waals surface area contributed by atoms with Gasteiger partial charge in [-0.25, -0.2) is 0 Å². The SMILES string of the molecule is O=C(c1ccc2c(c1)OCO2)N1CCO[C@@]2(CCCC[C@@H]2NCc2cccnc2)C1. The van der Waals surface area contributed by atoms with E-state index in [0.29, 0.717) is 36.8 Å². The van der Waals surface area contributed by atoms with E-state index >= 15 is 0 Å². The molecule has 2 fully saturated rings. The molecule has 7 heteroatoms. The molecule has 0 radical (unpaired) electrons. The minimum atomic E-state index is -0.343. The van der Waals surface area contributed by atoms with Crippen molar-refractivity contribution in [1.82, 2.24) is 15.2 Å². The number of aromatic nitrogens is 1. The van der Waals surface area contributed by atoms with Crippen molar-refractivity contribution in [1.29, 1.82) is 0 Å². The van der Waals surface area contributed by atoms with Crippen molar-refractivity contribution in [2.75, 3.05) is 26.5 Å². The molecular weight excluding hydrogens is 382 g/mol. The zero-order chi connectivity index (χ0) is 20.4. The molecule has 2 aliphatic heterocycles. The van der Waals surface area contributed by atoms with Gasteiger partial charge in [-0.2, -0.15) is 0 Å². The lowest BCUT2D eigenvalue weighted by molar-refractivity contribution is -0.135. The van der Waals surface area contributed by atoms with Gasteiger partial charge in [-0.05, 0) is 42.7 Å². The molecule has 1 amide bonds. The normalized spacial score (nSPS) is 25.5. The molecule has 1 saturated heterocycles. The number of rotatable bonds is 4. The maximum absolute atomic E-state index is 13.3. The first kappa shape index (κ1) is 19.3. The monoisotopic (exact) mass is 409 g/mol. The number of pyridine rings is 1. The van der Waals surface area contributed by atoms with Crippen LogP contribution in [0.4, 0.5) is 0 Å². The van der Waals surface area contributed by atoms with Gasteiger partial charge in [-0.15, -0.1) is 0 Å². The van der Waals surface area contributed by atoms with Gasteiger partial charge >= 0.3 is 0 Å². The van der Waals surface area contributed by atoms with Crippen molar-refractivity contribution in [3.05, 3.63) is 53.9 Å². The molecule has 1 aromatic carbocycles. The molecule has 1 N–H and O–H groups in total. The first-order chi connectivity index (χ1) is 14.7. The number of carbonyl (C=O) groups excluding carboxylic acids is 1. The average molecular weight is 409 g/mol. The number of nitrogens with one attached hydrogen (secondary N) is 1. The molecule has 1 saturated carbocycles. The van der Waals surface area contributed by atoms with Gasteiger partial charge in [0.15, 0.2) is 11.5 Å². The summed E-state index contributed by atoms with van der Waals surface area (Å²) in [5, 5.41) is 3.69. The van der Waals surface area contributed by atoms with Gasteiger partial charge in [-0.3, -0.25) is 9.78 Å². The quantitative estimate of drug-likeness (QED) is 0.837. The molecule has 1 spiro atoms. The van der Waals surface area contributed by atoms with Crippen molar-refractivity contribution >= 4 is 5.91 Å². The van der Waals surface area contributed by atoms with E-state index in [0.717, 1.165) is 31.4 Å². The molecule has 1 aliphatic carbocycles. The van der Waals surface area contributed by atoms with Gasteiger partial charge < -0.3 is 24.4 Å². The van der Waals surface area contributed by atoms with E-state index in [1.54, 1.807) is 12.3 Å². The molecule has 158 valence electrons. The van der Waals surface area contributed by atoms with E-state index in [4.69, 9.17) is 14.2 Å². The maximum atomic E-state index is 13.3. The Morgan fingerprint density at radius 2 is 2.17 bits per heavy atom. The lowest BCUT2D eigenvalue weighted by Crippen LogP contribution is -2.64. The van der Waals surface area contributed by atoms with Gasteiger partial charge in [0.1, 0.15) is 5.60 Å². The fourth-order valence-corrected chi connectivity index (χ4v) is 4.80. The Hall–Kier alpha value is -2.64. The van der Waals surface area contributed by atoms with Crippen LogP contribution in [0.3, 0.4) is 0 Å². The van der Waals surface area contributed by atoms with Gasteiger partial charge in [0.2, 0.25) is 6.79 Å². The molecule has 7 nitrogen and oxygen atoms in total. The van der Waals surface area contributed by atoms with Gasteiger partial charge in [0.05, 0.1) is 13.2 Å². The zero-order valence-electron chi connectivity index (χ0n) is 17.0. The van der Waals surface area contributed by atoms with Gasteiger partial charge in [-0.1, -0.05) is 18.9 Å².